The Morgan fingerprint density at radius 2 is 2.57 bits per heavy atom. The summed E-state index contributed by atoms with van der Waals surface area (Å²) in [4.78, 5) is 12.7. The van der Waals surface area contributed by atoms with E-state index in [2.05, 4.69) is 9.68 Å². The highest BCUT2D eigenvalue weighted by Gasteiger charge is 2.33. The Kier molecular flexibility index (Phi) is 0.941. The van der Waals surface area contributed by atoms with E-state index in [1.807, 2.05) is 0 Å². The maximum atomic E-state index is 10.7. The second-order valence-corrected chi connectivity index (χ2v) is 1.22. The van der Waals surface area contributed by atoms with Crippen molar-refractivity contribution < 1.29 is 19.0 Å². The summed E-state index contributed by atoms with van der Waals surface area (Å²) in [6, 6.07) is 0. The van der Waals surface area contributed by atoms with E-state index >= 15 is 0 Å². The van der Waals surface area contributed by atoms with Crippen LogP contribution in [0.2, 0.25) is 0 Å². The van der Waals surface area contributed by atoms with Gasteiger partial charge in [0.2, 0.25) is 0 Å². The van der Waals surface area contributed by atoms with Gasteiger partial charge in [-0.25, -0.2) is 4.79 Å². The Hall–Kier alpha value is -0.640. The van der Waals surface area contributed by atoms with Gasteiger partial charge in [-0.2, -0.15) is 0 Å². The minimum atomic E-state index is -0.931. The third-order valence-electron chi connectivity index (χ3n) is 0.672. The number of halogens is 1. The van der Waals surface area contributed by atoms with Gasteiger partial charge in [0, 0.05) is 4.53 Å². The third kappa shape index (κ3) is 0.866. The zero-order chi connectivity index (χ0) is 5.28. The number of hydrogen-bond acceptors (Lipinski definition) is 3. The van der Waals surface area contributed by atoms with E-state index in [0.29, 0.717) is 6.61 Å². The van der Waals surface area contributed by atoms with Crippen LogP contribution in [0, 0.1) is 0 Å². The molecule has 1 aliphatic heterocycles. The largest absolute Gasteiger partial charge is 0.379 e. The number of carbonyl (C=O) groups is 1. The molecular weight excluding hydrogens is 103 g/mol. The lowest BCUT2D eigenvalue weighted by Crippen LogP contribution is -2.05. The maximum Gasteiger partial charge on any atom is 0.379 e. The van der Waals surface area contributed by atoms with Crippen LogP contribution in [-0.2, 0) is 14.5 Å². The number of rotatable bonds is 1. The van der Waals surface area contributed by atoms with Crippen molar-refractivity contribution in [3.05, 3.63) is 0 Å². The number of hydrogen-bond donors (Lipinski definition) is 0. The molecule has 1 saturated heterocycles. The molecule has 1 unspecified atom stereocenters. The lowest BCUT2D eigenvalue weighted by Gasteiger charge is -1.79. The fourth-order valence-corrected chi connectivity index (χ4v) is 0.234. The van der Waals surface area contributed by atoms with Crippen LogP contribution in [0.4, 0.5) is 4.53 Å². The first-order valence-corrected chi connectivity index (χ1v) is 1.78. The molecule has 0 aromatic rings. The van der Waals surface area contributed by atoms with E-state index < -0.39 is 12.1 Å². The van der Waals surface area contributed by atoms with Crippen molar-refractivity contribution in [3.63, 3.8) is 0 Å². The molecule has 1 rings (SSSR count). The molecule has 40 valence electrons. The molecule has 1 atom stereocenters. The summed E-state index contributed by atoms with van der Waals surface area (Å²) in [6.07, 6.45) is -0.620. The lowest BCUT2D eigenvalue weighted by atomic mass is 10.5. The molecule has 4 heteroatoms. The van der Waals surface area contributed by atoms with E-state index in [4.69, 9.17) is 0 Å². The standard InChI is InChI=1S/C3H3FO3/c4-7-3(5)2-1-6-2/h2H,1H2. The molecular formula is C3H3FO3. The summed E-state index contributed by atoms with van der Waals surface area (Å²) in [7, 11) is 0. The topological polar surface area (TPSA) is 38.8 Å². The van der Waals surface area contributed by atoms with Gasteiger partial charge in [-0.05, 0) is 0 Å². The molecule has 7 heavy (non-hydrogen) atoms. The highest BCUT2D eigenvalue weighted by atomic mass is 19.3. The quantitative estimate of drug-likeness (QED) is 0.435. The van der Waals surface area contributed by atoms with Gasteiger partial charge in [-0.15, -0.1) is 0 Å². The van der Waals surface area contributed by atoms with Crippen LogP contribution in [0.15, 0.2) is 0 Å². The maximum absolute atomic E-state index is 10.7. The van der Waals surface area contributed by atoms with Crippen molar-refractivity contribution in [1.29, 1.82) is 0 Å². The molecule has 0 bridgehead atoms. The summed E-state index contributed by atoms with van der Waals surface area (Å²) in [6.45, 7) is 0.294. The fourth-order valence-electron chi connectivity index (χ4n) is 0.234. The molecule has 0 saturated carbocycles. The zero-order valence-electron chi connectivity index (χ0n) is 3.39. The predicted octanol–water partition coefficient (Wildman–Crippen LogP) is -0.187. The normalized spacial score (nSPS) is 26.7. The van der Waals surface area contributed by atoms with E-state index in [9.17, 15) is 9.32 Å². The fraction of sp³-hybridized carbons (Fsp3) is 0.667. The van der Waals surface area contributed by atoms with E-state index in [1.165, 1.54) is 0 Å². The Morgan fingerprint density at radius 3 is 2.71 bits per heavy atom. The van der Waals surface area contributed by atoms with Crippen LogP contribution in [0.3, 0.4) is 0 Å². The van der Waals surface area contributed by atoms with E-state index in [-0.39, 0.29) is 0 Å². The van der Waals surface area contributed by atoms with Crippen LogP contribution < -0.4 is 0 Å². The molecule has 0 amide bonds. The van der Waals surface area contributed by atoms with E-state index in [1.54, 1.807) is 0 Å². The van der Waals surface area contributed by atoms with Crippen LogP contribution in [0.25, 0.3) is 0 Å². The van der Waals surface area contributed by atoms with Gasteiger partial charge in [-0.1, -0.05) is 0 Å². The van der Waals surface area contributed by atoms with Crippen LogP contribution >= 0.6 is 0 Å². The monoisotopic (exact) mass is 106 g/mol. The van der Waals surface area contributed by atoms with Crippen LogP contribution in [0.5, 0.6) is 0 Å². The van der Waals surface area contributed by atoms with Gasteiger partial charge in [0.05, 0.1) is 6.61 Å². The molecule has 3 nitrogen and oxygen atoms in total. The first-order valence-electron chi connectivity index (χ1n) is 1.78. The van der Waals surface area contributed by atoms with Crippen molar-refractivity contribution in [2.24, 2.45) is 0 Å². The molecule has 0 radical (unpaired) electrons. The molecule has 1 aliphatic rings. The zero-order valence-corrected chi connectivity index (χ0v) is 3.39. The molecule has 0 N–H and O–H groups in total. The average Bonchev–Trinajstić information content (AvgIpc) is 2.44. The summed E-state index contributed by atoms with van der Waals surface area (Å²) in [5, 5.41) is 0. The minimum Gasteiger partial charge on any atom is -0.361 e. The van der Waals surface area contributed by atoms with Crippen molar-refractivity contribution in [2.45, 2.75) is 6.10 Å². The van der Waals surface area contributed by atoms with Crippen LogP contribution in [-0.4, -0.2) is 18.7 Å². The van der Waals surface area contributed by atoms with Gasteiger partial charge in [0.15, 0.2) is 6.10 Å². The SMILES string of the molecule is O=C(OF)C1CO1. The summed E-state index contributed by atoms with van der Waals surface area (Å²) >= 11 is 0. The number of carbonyl (C=O) groups excluding carboxylic acids is 1. The molecule has 1 fully saturated rings. The highest BCUT2D eigenvalue weighted by Crippen LogP contribution is 2.09. The molecule has 1 heterocycles. The van der Waals surface area contributed by atoms with Crippen molar-refractivity contribution in [1.82, 2.24) is 0 Å². The minimum absolute atomic E-state index is 0.294. The van der Waals surface area contributed by atoms with Crippen molar-refractivity contribution in [2.75, 3.05) is 6.61 Å². The van der Waals surface area contributed by atoms with Crippen LogP contribution in [0.1, 0.15) is 0 Å². The first kappa shape index (κ1) is 4.52. The Balaban J connectivity index is 2.24. The highest BCUT2D eigenvalue weighted by molar-refractivity contribution is 5.76. The lowest BCUT2D eigenvalue weighted by molar-refractivity contribution is -0.185. The molecule has 0 spiro atoms. The average molecular weight is 106 g/mol. The van der Waals surface area contributed by atoms with Gasteiger partial charge in [0.1, 0.15) is 0 Å². The smallest absolute Gasteiger partial charge is 0.361 e. The molecule has 0 aromatic heterocycles. The second-order valence-electron chi connectivity index (χ2n) is 1.22. The first-order chi connectivity index (χ1) is 3.34. The van der Waals surface area contributed by atoms with Gasteiger partial charge in [-0.3, -0.25) is 4.94 Å². The summed E-state index contributed by atoms with van der Waals surface area (Å²) in [5.41, 5.74) is 0. The van der Waals surface area contributed by atoms with Gasteiger partial charge in [0.25, 0.3) is 0 Å². The third-order valence-corrected chi connectivity index (χ3v) is 0.672. The van der Waals surface area contributed by atoms with Gasteiger partial charge < -0.3 is 4.74 Å². The van der Waals surface area contributed by atoms with Crippen molar-refractivity contribution >= 4 is 5.97 Å². The number of epoxide rings is 1. The molecule has 0 aromatic carbocycles. The Labute approximate surface area is 38.9 Å². The second kappa shape index (κ2) is 1.46. The summed E-state index contributed by atoms with van der Waals surface area (Å²) < 4.78 is 15.1. The Morgan fingerprint density at radius 1 is 2.00 bits per heavy atom. The summed E-state index contributed by atoms with van der Waals surface area (Å²) in [5.74, 6) is -0.931. The van der Waals surface area contributed by atoms with E-state index in [0.717, 1.165) is 0 Å². The van der Waals surface area contributed by atoms with Gasteiger partial charge >= 0.3 is 5.97 Å². The number of ether oxygens (including phenoxy) is 1. The Bertz CT molecular complexity index is 88.2. The predicted molar refractivity (Wildman–Crippen MR) is 16.9 cm³/mol. The molecule has 0 aliphatic carbocycles. The van der Waals surface area contributed by atoms with Crippen molar-refractivity contribution in [3.8, 4) is 0 Å².